The predicted molar refractivity (Wildman–Crippen MR) is 42.5 cm³/mol. The number of carbonyl (C=O) groups excluding carboxylic acids is 2. The highest BCUT2D eigenvalue weighted by atomic mass is 16.6. The van der Waals surface area contributed by atoms with E-state index in [9.17, 15) is 9.59 Å². The largest absolute Gasteiger partial charge is 0.466 e. The zero-order valence-electron chi connectivity index (χ0n) is 7.46. The molecule has 0 aromatic heterocycles. The number of hydrogen-bond acceptors (Lipinski definition) is 4. The Morgan fingerprint density at radius 2 is 1.25 bits per heavy atom. The molecule has 0 unspecified atom stereocenters. The quantitative estimate of drug-likeness (QED) is 0.463. The zero-order chi connectivity index (χ0) is 9.40. The molecule has 0 aliphatic rings. The van der Waals surface area contributed by atoms with Crippen LogP contribution in [0.15, 0.2) is 0 Å². The highest BCUT2D eigenvalue weighted by Gasteiger charge is 2.06. The first-order valence-corrected chi connectivity index (χ1v) is 4.02. The van der Waals surface area contributed by atoms with Gasteiger partial charge in [-0.2, -0.15) is 0 Å². The van der Waals surface area contributed by atoms with Crippen LogP contribution in [0.1, 0.15) is 26.7 Å². The van der Waals surface area contributed by atoms with Crippen LogP contribution in [0, 0.1) is 0 Å². The molecule has 0 fully saturated rings. The number of esters is 2. The third-order valence-electron chi connectivity index (χ3n) is 1.14. The van der Waals surface area contributed by atoms with Crippen LogP contribution in [0.3, 0.4) is 0 Å². The Hall–Kier alpha value is -1.06. The fraction of sp³-hybridized carbons (Fsp3) is 0.750. The molecule has 4 heteroatoms. The zero-order valence-corrected chi connectivity index (χ0v) is 7.46. The summed E-state index contributed by atoms with van der Waals surface area (Å²) in [4.78, 5) is 21.4. The first-order valence-electron chi connectivity index (χ1n) is 4.02. The maximum Gasteiger partial charge on any atom is 0.306 e. The third-order valence-corrected chi connectivity index (χ3v) is 1.14. The molecule has 0 aliphatic carbocycles. The van der Waals surface area contributed by atoms with Gasteiger partial charge in [0.1, 0.15) is 0 Å². The molecule has 0 aliphatic heterocycles. The van der Waals surface area contributed by atoms with Gasteiger partial charge in [0.25, 0.3) is 0 Å². The van der Waals surface area contributed by atoms with Crippen LogP contribution in [0.2, 0.25) is 0 Å². The topological polar surface area (TPSA) is 52.6 Å². The molecule has 0 rings (SSSR count). The van der Waals surface area contributed by atoms with Crippen molar-refractivity contribution in [3.63, 3.8) is 0 Å². The summed E-state index contributed by atoms with van der Waals surface area (Å²) in [6.45, 7) is 4.15. The van der Waals surface area contributed by atoms with Crippen molar-refractivity contribution >= 4 is 11.9 Å². The van der Waals surface area contributed by atoms with Gasteiger partial charge >= 0.3 is 11.9 Å². The second-order valence-electron chi connectivity index (χ2n) is 2.11. The highest BCUT2D eigenvalue weighted by molar-refractivity contribution is 5.77. The van der Waals surface area contributed by atoms with Crippen molar-refractivity contribution in [1.29, 1.82) is 0 Å². The van der Waals surface area contributed by atoms with E-state index in [1.54, 1.807) is 13.8 Å². The molecule has 0 heterocycles. The van der Waals surface area contributed by atoms with Gasteiger partial charge in [-0.15, -0.1) is 0 Å². The van der Waals surface area contributed by atoms with Crippen LogP contribution in [0.25, 0.3) is 0 Å². The molecule has 4 nitrogen and oxygen atoms in total. The number of carbonyl (C=O) groups is 2. The molecule has 0 saturated carbocycles. The van der Waals surface area contributed by atoms with Gasteiger partial charge in [-0.25, -0.2) is 0 Å². The van der Waals surface area contributed by atoms with Gasteiger partial charge in [-0.3, -0.25) is 9.59 Å². The van der Waals surface area contributed by atoms with E-state index in [2.05, 4.69) is 9.47 Å². The van der Waals surface area contributed by atoms with E-state index >= 15 is 0 Å². The monoisotopic (exact) mass is 178 g/mol. The summed E-state index contributed by atoms with van der Waals surface area (Å²) in [7, 11) is 0. The number of hydrogen-bond donors (Lipinski definition) is 0. The molecule has 0 aromatic rings. The summed E-state index contributed by atoms with van der Waals surface area (Å²) in [5, 5.41) is 0. The molecule has 0 aromatic carbocycles. The van der Waals surface area contributed by atoms with Gasteiger partial charge in [-0.05, 0) is 13.8 Å². The lowest BCUT2D eigenvalue weighted by atomic mass is 10.9. The van der Waals surface area contributed by atoms with Crippen molar-refractivity contribution in [3.8, 4) is 0 Å². The second-order valence-corrected chi connectivity index (χ2v) is 2.11. The maximum absolute atomic E-state index is 10.7. The van der Waals surface area contributed by atoms with Crippen LogP contribution in [0.5, 0.6) is 0 Å². The van der Waals surface area contributed by atoms with Crippen LogP contribution in [0.4, 0.5) is 0 Å². The van der Waals surface area contributed by atoms with Crippen molar-refractivity contribution in [1.82, 2.24) is 0 Å². The highest BCUT2D eigenvalue weighted by Crippen LogP contribution is 1.95. The van der Waals surface area contributed by atoms with Gasteiger partial charge < -0.3 is 9.47 Å². The molecule has 0 saturated heterocycles. The molecule has 0 N–H and O–H groups in total. The summed E-state index contributed by atoms with van der Waals surface area (Å²) < 4.78 is 9.25. The number of rotatable bonds is 5. The first-order chi connectivity index (χ1) is 5.70. The lowest BCUT2D eigenvalue weighted by Gasteiger charge is -2.01. The van der Waals surface area contributed by atoms with Crippen molar-refractivity contribution < 1.29 is 19.1 Å². The van der Waals surface area contributed by atoms with Crippen LogP contribution in [-0.2, 0) is 19.1 Å². The van der Waals surface area contributed by atoms with E-state index in [1.165, 1.54) is 0 Å². The van der Waals surface area contributed by atoms with Gasteiger partial charge in [0.15, 0.2) is 0 Å². The molecule has 12 heavy (non-hydrogen) atoms. The van der Waals surface area contributed by atoms with Crippen molar-refractivity contribution in [2.24, 2.45) is 0 Å². The van der Waals surface area contributed by atoms with Crippen molar-refractivity contribution in [2.75, 3.05) is 13.2 Å². The molecular weight excluding hydrogens is 164 g/mol. The van der Waals surface area contributed by atoms with Gasteiger partial charge in [0, 0.05) is 0 Å². The Labute approximate surface area is 71.8 Å². The summed E-state index contributed by atoms with van der Waals surface area (Å²) >= 11 is 0. The Morgan fingerprint density at radius 3 is 1.50 bits per heavy atom. The Kier molecular flexibility index (Phi) is 6.05. The maximum atomic E-state index is 10.7. The molecule has 0 atom stereocenters. The first kappa shape index (κ1) is 10.9. The van der Waals surface area contributed by atoms with Gasteiger partial charge in [0.2, 0.25) is 0 Å². The molecule has 70 valence electrons. The van der Waals surface area contributed by atoms with E-state index in [4.69, 9.17) is 0 Å². The smallest absolute Gasteiger partial charge is 0.306 e. The Balaban J connectivity index is 3.40. The van der Waals surface area contributed by atoms with Crippen LogP contribution >= 0.6 is 0 Å². The van der Waals surface area contributed by atoms with E-state index in [1.807, 2.05) is 0 Å². The minimum absolute atomic E-state index is 0.104. The van der Waals surface area contributed by atoms with Crippen molar-refractivity contribution in [3.05, 3.63) is 0 Å². The normalized spacial score (nSPS) is 9.17. The molecular formula is C8H14O4. The summed E-state index contributed by atoms with van der Waals surface area (Å²) in [5.41, 5.74) is 0. The van der Waals surface area contributed by atoms with E-state index in [0.29, 0.717) is 13.2 Å². The molecule has 0 spiro atoms. The van der Waals surface area contributed by atoms with Crippen molar-refractivity contribution in [2.45, 2.75) is 26.7 Å². The third kappa shape index (κ3) is 5.70. The summed E-state index contributed by atoms with van der Waals surface area (Å²) in [5.74, 6) is -0.712. The van der Waals surface area contributed by atoms with Gasteiger partial charge in [-0.1, -0.05) is 0 Å². The lowest BCUT2D eigenvalue weighted by Crippen LogP contribution is -2.09. The average molecular weight is 178 g/mol. The van der Waals surface area contributed by atoms with E-state index < -0.39 is 0 Å². The molecule has 0 radical (unpaired) electrons. The Morgan fingerprint density at radius 1 is 0.917 bits per heavy atom. The number of ether oxygens (including phenoxy) is 2. The van der Waals surface area contributed by atoms with Crippen LogP contribution in [-0.4, -0.2) is 25.2 Å². The standard InChI is InChI=1S/C8H14O4/c1-3-11-7(9)5-6-8(10)12-4-2/h3-6H2,1-2H3/i5+1,6+1,7+1,8+1. The SMILES string of the molecule is CCO[13C](=O)[13CH2][13CH2][13C](=O)OCC. The fourth-order valence-corrected chi connectivity index (χ4v) is 0.670. The second kappa shape index (κ2) is 6.64. The minimum atomic E-state index is -0.356. The fourth-order valence-electron chi connectivity index (χ4n) is 0.670. The predicted octanol–water partition coefficient (Wildman–Crippen LogP) is 0.893. The van der Waals surface area contributed by atoms with Gasteiger partial charge in [0.05, 0.1) is 26.1 Å². The molecule has 0 amide bonds. The summed E-state index contributed by atoms with van der Waals surface area (Å²) in [6.07, 6.45) is 0.208. The average Bonchev–Trinajstić information content (AvgIpc) is 2.02. The minimum Gasteiger partial charge on any atom is -0.466 e. The van der Waals surface area contributed by atoms with E-state index in [-0.39, 0.29) is 24.8 Å². The van der Waals surface area contributed by atoms with Crippen LogP contribution < -0.4 is 0 Å². The lowest BCUT2D eigenvalue weighted by molar-refractivity contribution is -0.149. The Bertz CT molecular complexity index is 135. The van der Waals surface area contributed by atoms with E-state index in [0.717, 1.165) is 0 Å². The molecule has 0 bridgehead atoms. The summed E-state index contributed by atoms with van der Waals surface area (Å²) in [6, 6.07) is 0.